The molecule has 1 N–H and O–H groups in total. The van der Waals surface area contributed by atoms with Crippen LogP contribution < -0.4 is 14.8 Å². The van der Waals surface area contributed by atoms with Gasteiger partial charge in [-0.25, -0.2) is 4.79 Å². The summed E-state index contributed by atoms with van der Waals surface area (Å²) >= 11 is 3.33. The van der Waals surface area contributed by atoms with Crippen LogP contribution in [0.1, 0.15) is 12.5 Å². The lowest BCUT2D eigenvalue weighted by atomic mass is 10.2. The van der Waals surface area contributed by atoms with E-state index in [1.165, 1.54) is 13.0 Å². The maximum Gasteiger partial charge on any atom is 0.331 e. The first-order valence-corrected chi connectivity index (χ1v) is 9.15. The highest BCUT2D eigenvalue weighted by Crippen LogP contribution is 2.31. The predicted octanol–water partition coefficient (Wildman–Crippen LogP) is 3.80. The highest BCUT2D eigenvalue weighted by Gasteiger charge is 2.17. The Morgan fingerprint density at radius 3 is 2.56 bits per heavy atom. The van der Waals surface area contributed by atoms with Gasteiger partial charge in [-0.3, -0.25) is 4.79 Å². The monoisotopic (exact) mass is 431 g/mol. The zero-order chi connectivity index (χ0) is 19.2. The molecule has 1 unspecified atom stereocenters. The normalized spacial score (nSPS) is 13.9. The maximum atomic E-state index is 12.1. The Labute approximate surface area is 165 Å². The fourth-order valence-electron chi connectivity index (χ4n) is 2.37. The van der Waals surface area contributed by atoms with E-state index in [-0.39, 0.29) is 0 Å². The van der Waals surface area contributed by atoms with Crippen molar-refractivity contribution in [2.24, 2.45) is 0 Å². The van der Waals surface area contributed by atoms with E-state index in [0.29, 0.717) is 30.4 Å². The van der Waals surface area contributed by atoms with Crippen molar-refractivity contribution in [1.82, 2.24) is 0 Å². The smallest absolute Gasteiger partial charge is 0.331 e. The third-order valence-corrected chi connectivity index (χ3v) is 4.28. The first-order chi connectivity index (χ1) is 13.0. The van der Waals surface area contributed by atoms with Gasteiger partial charge in [-0.2, -0.15) is 0 Å². The van der Waals surface area contributed by atoms with Gasteiger partial charge in [-0.1, -0.05) is 22.0 Å². The minimum absolute atomic E-state index is 0.404. The summed E-state index contributed by atoms with van der Waals surface area (Å²) in [7, 11) is 0. The molecule has 140 valence electrons. The summed E-state index contributed by atoms with van der Waals surface area (Å²) < 4.78 is 17.0. The molecule has 27 heavy (non-hydrogen) atoms. The second-order valence-electron chi connectivity index (χ2n) is 5.81. The molecule has 3 rings (SSSR count). The van der Waals surface area contributed by atoms with Crippen molar-refractivity contribution in [2.45, 2.75) is 13.0 Å². The fraction of sp³-hybridized carbons (Fsp3) is 0.200. The number of carbonyl (C=O) groups excluding carboxylic acids is 2. The SMILES string of the molecule is CC(OC(=O)/C=C/c1ccc2c(c1)OCCO2)C(=O)Nc1ccc(Br)cc1. The molecule has 0 bridgehead atoms. The van der Waals surface area contributed by atoms with Gasteiger partial charge in [0.2, 0.25) is 0 Å². The molecule has 0 aromatic heterocycles. The van der Waals surface area contributed by atoms with Gasteiger partial charge in [-0.05, 0) is 55.0 Å². The molecule has 2 aromatic rings. The van der Waals surface area contributed by atoms with Gasteiger partial charge in [0.1, 0.15) is 13.2 Å². The van der Waals surface area contributed by atoms with Crippen molar-refractivity contribution in [3.05, 3.63) is 58.6 Å². The number of anilines is 1. The largest absolute Gasteiger partial charge is 0.486 e. The highest BCUT2D eigenvalue weighted by molar-refractivity contribution is 9.10. The number of amides is 1. The van der Waals surface area contributed by atoms with Crippen molar-refractivity contribution in [2.75, 3.05) is 18.5 Å². The average molecular weight is 432 g/mol. The predicted molar refractivity (Wildman–Crippen MR) is 105 cm³/mol. The zero-order valence-electron chi connectivity index (χ0n) is 14.6. The molecule has 1 heterocycles. The second-order valence-corrected chi connectivity index (χ2v) is 6.73. The zero-order valence-corrected chi connectivity index (χ0v) is 16.2. The van der Waals surface area contributed by atoms with E-state index < -0.39 is 18.0 Å². The number of hydrogen-bond acceptors (Lipinski definition) is 5. The Morgan fingerprint density at radius 2 is 1.81 bits per heavy atom. The van der Waals surface area contributed by atoms with Gasteiger partial charge in [0.15, 0.2) is 17.6 Å². The third-order valence-electron chi connectivity index (χ3n) is 3.75. The summed E-state index contributed by atoms with van der Waals surface area (Å²) in [5, 5.41) is 2.69. The molecule has 0 radical (unpaired) electrons. The highest BCUT2D eigenvalue weighted by atomic mass is 79.9. The van der Waals surface area contributed by atoms with Gasteiger partial charge < -0.3 is 19.5 Å². The third kappa shape index (κ3) is 5.34. The molecular weight excluding hydrogens is 414 g/mol. The Kier molecular flexibility index (Phi) is 6.13. The van der Waals surface area contributed by atoms with Crippen LogP contribution in [0.4, 0.5) is 5.69 Å². The number of benzene rings is 2. The van der Waals surface area contributed by atoms with Crippen LogP contribution in [0, 0.1) is 0 Å². The molecule has 1 aliphatic heterocycles. The number of esters is 1. The minimum Gasteiger partial charge on any atom is -0.486 e. The molecule has 1 atom stereocenters. The fourth-order valence-corrected chi connectivity index (χ4v) is 2.64. The maximum absolute atomic E-state index is 12.1. The topological polar surface area (TPSA) is 73.9 Å². The Hall–Kier alpha value is -2.80. The average Bonchev–Trinajstić information content (AvgIpc) is 2.68. The van der Waals surface area contributed by atoms with E-state index in [1.54, 1.807) is 36.4 Å². The minimum atomic E-state index is -0.925. The lowest BCUT2D eigenvalue weighted by molar-refractivity contribution is -0.148. The molecule has 1 aliphatic rings. The number of rotatable bonds is 5. The van der Waals surface area contributed by atoms with Crippen LogP contribution >= 0.6 is 15.9 Å². The Balaban J connectivity index is 1.54. The number of ether oxygens (including phenoxy) is 3. The van der Waals surface area contributed by atoms with Crippen LogP contribution in [0.15, 0.2) is 53.0 Å². The van der Waals surface area contributed by atoms with Crippen LogP contribution in [-0.4, -0.2) is 31.2 Å². The van der Waals surface area contributed by atoms with Gasteiger partial charge in [0.25, 0.3) is 5.91 Å². The number of hydrogen-bond donors (Lipinski definition) is 1. The summed E-state index contributed by atoms with van der Waals surface area (Å²) in [5.41, 5.74) is 1.39. The van der Waals surface area contributed by atoms with Crippen molar-refractivity contribution < 1.29 is 23.8 Å². The summed E-state index contributed by atoms with van der Waals surface area (Å²) in [5.74, 6) is 0.306. The van der Waals surface area contributed by atoms with Gasteiger partial charge in [-0.15, -0.1) is 0 Å². The van der Waals surface area contributed by atoms with Gasteiger partial charge in [0.05, 0.1) is 0 Å². The second kappa shape index (κ2) is 8.73. The molecular formula is C20H18BrNO5. The Bertz CT molecular complexity index is 863. The Morgan fingerprint density at radius 1 is 1.11 bits per heavy atom. The number of fused-ring (bicyclic) bond motifs is 1. The molecule has 7 heteroatoms. The first kappa shape index (κ1) is 19.0. The van der Waals surface area contributed by atoms with Crippen LogP contribution in [0.2, 0.25) is 0 Å². The van der Waals surface area contributed by atoms with E-state index in [9.17, 15) is 9.59 Å². The molecule has 6 nitrogen and oxygen atoms in total. The summed E-state index contributed by atoms with van der Waals surface area (Å²) in [6.07, 6.45) is 1.94. The summed E-state index contributed by atoms with van der Waals surface area (Å²) in [6.45, 7) is 2.53. The molecule has 0 saturated heterocycles. The summed E-state index contributed by atoms with van der Waals surface area (Å²) in [6, 6.07) is 12.5. The van der Waals surface area contributed by atoms with Crippen LogP contribution in [0.3, 0.4) is 0 Å². The van der Waals surface area contributed by atoms with Crippen LogP contribution in [-0.2, 0) is 14.3 Å². The first-order valence-electron chi connectivity index (χ1n) is 8.36. The molecule has 0 saturated carbocycles. The lowest BCUT2D eigenvalue weighted by Gasteiger charge is -2.18. The molecule has 0 aliphatic carbocycles. The van der Waals surface area contributed by atoms with E-state index >= 15 is 0 Å². The molecule has 2 aromatic carbocycles. The van der Waals surface area contributed by atoms with Crippen LogP contribution in [0.25, 0.3) is 6.08 Å². The number of carbonyl (C=O) groups is 2. The number of halogens is 1. The van der Waals surface area contributed by atoms with Gasteiger partial charge in [0, 0.05) is 16.2 Å². The van der Waals surface area contributed by atoms with E-state index in [4.69, 9.17) is 14.2 Å². The molecule has 0 spiro atoms. The van der Waals surface area contributed by atoms with E-state index in [2.05, 4.69) is 21.2 Å². The van der Waals surface area contributed by atoms with Gasteiger partial charge >= 0.3 is 5.97 Å². The van der Waals surface area contributed by atoms with E-state index in [1.807, 2.05) is 12.1 Å². The lowest BCUT2D eigenvalue weighted by Crippen LogP contribution is -2.29. The number of nitrogens with one attached hydrogen (secondary N) is 1. The molecule has 0 fully saturated rings. The van der Waals surface area contributed by atoms with E-state index in [0.717, 1.165) is 10.0 Å². The van der Waals surface area contributed by atoms with Crippen molar-refractivity contribution in [1.29, 1.82) is 0 Å². The van der Waals surface area contributed by atoms with Crippen LogP contribution in [0.5, 0.6) is 11.5 Å². The quantitative estimate of drug-likeness (QED) is 0.575. The van der Waals surface area contributed by atoms with Crippen molar-refractivity contribution in [3.63, 3.8) is 0 Å². The standard InChI is InChI=1S/C20H18BrNO5/c1-13(20(24)22-16-6-4-15(21)5-7-16)27-19(23)9-3-14-2-8-17-18(12-14)26-11-10-25-17/h2-9,12-13H,10-11H2,1H3,(H,22,24)/b9-3+. The summed E-state index contributed by atoms with van der Waals surface area (Å²) in [4.78, 5) is 24.1. The van der Waals surface area contributed by atoms with Crippen molar-refractivity contribution in [3.8, 4) is 11.5 Å². The van der Waals surface area contributed by atoms with Crippen molar-refractivity contribution >= 4 is 39.6 Å². The molecule has 1 amide bonds.